The first-order valence-electron chi connectivity index (χ1n) is 9.20. The topological polar surface area (TPSA) is 74.3 Å². The van der Waals surface area contributed by atoms with E-state index in [1.807, 2.05) is 6.07 Å². The maximum absolute atomic E-state index is 13.2. The fourth-order valence-corrected chi connectivity index (χ4v) is 3.38. The van der Waals surface area contributed by atoms with E-state index < -0.39 is 0 Å². The molecular weight excluding hydrogens is 427 g/mol. The van der Waals surface area contributed by atoms with Crippen LogP contribution in [0.5, 0.6) is 0 Å². The van der Waals surface area contributed by atoms with Gasteiger partial charge in [-0.3, -0.25) is 9.59 Å². The third kappa shape index (κ3) is 6.10. The Morgan fingerprint density at radius 1 is 1.18 bits per heavy atom. The van der Waals surface area contributed by atoms with Crippen LogP contribution in [0.3, 0.4) is 0 Å². The number of carbonyl (C=O) groups is 2. The van der Waals surface area contributed by atoms with Gasteiger partial charge in [-0.05, 0) is 72.2 Å². The SMILES string of the molecule is O=C(CCN1CCC(C(=O)Nc2ccc(Br)cn2)CC1)Nc1cccc(F)c1. The van der Waals surface area contributed by atoms with Crippen LogP contribution in [-0.4, -0.2) is 41.3 Å². The van der Waals surface area contributed by atoms with Gasteiger partial charge in [0.1, 0.15) is 11.6 Å². The van der Waals surface area contributed by atoms with Crippen molar-refractivity contribution < 1.29 is 14.0 Å². The summed E-state index contributed by atoms with van der Waals surface area (Å²) in [6, 6.07) is 9.44. The molecule has 1 fully saturated rings. The molecule has 2 amide bonds. The van der Waals surface area contributed by atoms with E-state index in [2.05, 4.69) is 36.4 Å². The molecule has 1 aromatic heterocycles. The number of anilines is 2. The summed E-state index contributed by atoms with van der Waals surface area (Å²) < 4.78 is 14.0. The molecule has 2 heterocycles. The highest BCUT2D eigenvalue weighted by atomic mass is 79.9. The summed E-state index contributed by atoms with van der Waals surface area (Å²) in [6.45, 7) is 2.14. The number of benzene rings is 1. The molecule has 0 bridgehead atoms. The molecule has 2 N–H and O–H groups in total. The lowest BCUT2D eigenvalue weighted by Crippen LogP contribution is -2.39. The first-order chi connectivity index (χ1) is 13.5. The molecular formula is C20H22BrFN4O2. The van der Waals surface area contributed by atoms with Crippen molar-refractivity contribution in [3.05, 3.63) is 52.9 Å². The number of nitrogens with zero attached hydrogens (tertiary/aromatic N) is 2. The predicted molar refractivity (Wildman–Crippen MR) is 109 cm³/mol. The number of carbonyl (C=O) groups excluding carboxylic acids is 2. The average Bonchev–Trinajstić information content (AvgIpc) is 2.68. The van der Waals surface area contributed by atoms with Crippen molar-refractivity contribution in [3.8, 4) is 0 Å². The molecule has 0 atom stereocenters. The third-order valence-corrected chi connectivity index (χ3v) is 5.17. The highest BCUT2D eigenvalue weighted by Crippen LogP contribution is 2.20. The van der Waals surface area contributed by atoms with Crippen LogP contribution in [0.25, 0.3) is 0 Å². The summed E-state index contributed by atoms with van der Waals surface area (Å²) in [6.07, 6.45) is 3.46. The Labute approximate surface area is 171 Å². The van der Waals surface area contributed by atoms with E-state index in [4.69, 9.17) is 0 Å². The Balaban J connectivity index is 1.38. The quantitative estimate of drug-likeness (QED) is 0.706. The fraction of sp³-hybridized carbons (Fsp3) is 0.350. The minimum atomic E-state index is -0.378. The van der Waals surface area contributed by atoms with Crippen LogP contribution in [0.4, 0.5) is 15.9 Å². The van der Waals surface area contributed by atoms with Crippen LogP contribution in [0.15, 0.2) is 47.1 Å². The first-order valence-corrected chi connectivity index (χ1v) is 9.99. The highest BCUT2D eigenvalue weighted by Gasteiger charge is 2.25. The largest absolute Gasteiger partial charge is 0.326 e. The van der Waals surface area contributed by atoms with E-state index in [9.17, 15) is 14.0 Å². The smallest absolute Gasteiger partial charge is 0.228 e. The molecule has 28 heavy (non-hydrogen) atoms. The van der Waals surface area contributed by atoms with Crippen molar-refractivity contribution in [1.82, 2.24) is 9.88 Å². The lowest BCUT2D eigenvalue weighted by atomic mass is 9.96. The van der Waals surface area contributed by atoms with Gasteiger partial charge in [0.25, 0.3) is 0 Å². The molecule has 2 aromatic rings. The standard InChI is InChI=1S/C20H22BrFN4O2/c21-15-4-5-18(23-13-15)25-20(28)14-6-9-26(10-7-14)11-8-19(27)24-17-3-1-2-16(22)12-17/h1-5,12-14H,6-11H2,(H,24,27)(H,23,25,28). The number of likely N-dealkylation sites (tertiary alicyclic amines) is 1. The van der Waals surface area contributed by atoms with Gasteiger partial charge in [0.15, 0.2) is 0 Å². The number of pyridine rings is 1. The van der Waals surface area contributed by atoms with Crippen LogP contribution in [-0.2, 0) is 9.59 Å². The molecule has 0 radical (unpaired) electrons. The molecule has 8 heteroatoms. The first kappa shape index (κ1) is 20.4. The Morgan fingerprint density at radius 2 is 1.96 bits per heavy atom. The van der Waals surface area contributed by atoms with Crippen LogP contribution in [0.2, 0.25) is 0 Å². The van der Waals surface area contributed by atoms with Crippen LogP contribution in [0.1, 0.15) is 19.3 Å². The van der Waals surface area contributed by atoms with Crippen LogP contribution >= 0.6 is 15.9 Å². The Bertz CT molecular complexity index is 823. The van der Waals surface area contributed by atoms with Crippen molar-refractivity contribution in [1.29, 1.82) is 0 Å². The van der Waals surface area contributed by atoms with Crippen molar-refractivity contribution in [2.45, 2.75) is 19.3 Å². The van der Waals surface area contributed by atoms with E-state index in [0.29, 0.717) is 24.5 Å². The van der Waals surface area contributed by atoms with Crippen molar-refractivity contribution >= 4 is 39.2 Å². The molecule has 3 rings (SSSR count). The number of nitrogens with one attached hydrogen (secondary N) is 2. The second-order valence-corrected chi connectivity index (χ2v) is 7.69. The molecule has 0 spiro atoms. The highest BCUT2D eigenvalue weighted by molar-refractivity contribution is 9.10. The number of aromatic nitrogens is 1. The summed E-state index contributed by atoms with van der Waals surface area (Å²) in [4.78, 5) is 30.7. The van der Waals surface area contributed by atoms with Gasteiger partial charge in [-0.15, -0.1) is 0 Å². The van der Waals surface area contributed by atoms with Gasteiger partial charge in [-0.1, -0.05) is 6.07 Å². The van der Waals surface area contributed by atoms with Crippen LogP contribution in [0, 0.1) is 11.7 Å². The van der Waals surface area contributed by atoms with Gasteiger partial charge in [-0.2, -0.15) is 0 Å². The van der Waals surface area contributed by atoms with Crippen molar-refractivity contribution in [2.75, 3.05) is 30.3 Å². The minimum Gasteiger partial charge on any atom is -0.326 e. The third-order valence-electron chi connectivity index (χ3n) is 4.70. The molecule has 0 saturated carbocycles. The molecule has 148 valence electrons. The van der Waals surface area contributed by atoms with E-state index in [1.54, 1.807) is 24.4 Å². The van der Waals surface area contributed by atoms with E-state index in [0.717, 1.165) is 30.4 Å². The Morgan fingerprint density at radius 3 is 2.64 bits per heavy atom. The molecule has 0 unspecified atom stereocenters. The van der Waals surface area contributed by atoms with Crippen LogP contribution < -0.4 is 10.6 Å². The summed E-state index contributed by atoms with van der Waals surface area (Å²) >= 11 is 3.32. The molecule has 1 aliphatic heterocycles. The number of hydrogen-bond acceptors (Lipinski definition) is 4. The second kappa shape index (κ2) is 9.75. The van der Waals surface area contributed by atoms with E-state index in [1.165, 1.54) is 12.1 Å². The minimum absolute atomic E-state index is 0.0154. The summed E-state index contributed by atoms with van der Waals surface area (Å²) in [7, 11) is 0. The predicted octanol–water partition coefficient (Wildman–Crippen LogP) is 3.66. The summed E-state index contributed by atoms with van der Waals surface area (Å²) in [5.74, 6) is -0.0472. The molecule has 0 aliphatic carbocycles. The number of halogens is 2. The normalized spacial score (nSPS) is 15.2. The number of hydrogen-bond donors (Lipinski definition) is 2. The van der Waals surface area contributed by atoms with Gasteiger partial charge >= 0.3 is 0 Å². The number of rotatable bonds is 6. The van der Waals surface area contributed by atoms with Gasteiger partial charge in [-0.25, -0.2) is 9.37 Å². The fourth-order valence-electron chi connectivity index (χ4n) is 3.15. The zero-order valence-corrected chi connectivity index (χ0v) is 16.9. The van der Waals surface area contributed by atoms with Gasteiger partial charge in [0.05, 0.1) is 0 Å². The maximum Gasteiger partial charge on any atom is 0.228 e. The van der Waals surface area contributed by atoms with Gasteiger partial charge in [0, 0.05) is 35.2 Å². The van der Waals surface area contributed by atoms with Crippen molar-refractivity contribution in [2.24, 2.45) is 5.92 Å². The lowest BCUT2D eigenvalue weighted by Gasteiger charge is -2.31. The molecule has 1 aromatic carbocycles. The molecule has 6 nitrogen and oxygen atoms in total. The zero-order valence-electron chi connectivity index (χ0n) is 15.3. The van der Waals surface area contributed by atoms with Crippen molar-refractivity contribution in [3.63, 3.8) is 0 Å². The second-order valence-electron chi connectivity index (χ2n) is 6.78. The average molecular weight is 449 g/mol. The van der Waals surface area contributed by atoms with Gasteiger partial charge in [0.2, 0.25) is 11.8 Å². The molecule has 1 aliphatic rings. The van der Waals surface area contributed by atoms with E-state index in [-0.39, 0.29) is 23.5 Å². The molecule has 1 saturated heterocycles. The lowest BCUT2D eigenvalue weighted by molar-refractivity contribution is -0.121. The Hall–Kier alpha value is -2.32. The van der Waals surface area contributed by atoms with Gasteiger partial charge < -0.3 is 15.5 Å². The maximum atomic E-state index is 13.2. The summed E-state index contributed by atoms with van der Waals surface area (Å²) in [5, 5.41) is 5.55. The zero-order chi connectivity index (χ0) is 19.9. The number of piperidine rings is 1. The summed E-state index contributed by atoms with van der Waals surface area (Å²) in [5.41, 5.74) is 0.460. The Kier molecular flexibility index (Phi) is 7.11. The van der Waals surface area contributed by atoms with E-state index >= 15 is 0 Å². The monoisotopic (exact) mass is 448 g/mol. The number of amides is 2.